The minimum absolute atomic E-state index is 0.00213. The Morgan fingerprint density at radius 1 is 1.12 bits per heavy atom. The van der Waals surface area contributed by atoms with Crippen LogP contribution in [0, 0.1) is 0 Å². The van der Waals surface area contributed by atoms with Gasteiger partial charge in [-0.15, -0.1) is 0 Å². The van der Waals surface area contributed by atoms with Crippen LogP contribution < -0.4 is 0 Å². The number of hydrogen-bond acceptors (Lipinski definition) is 7. The molecule has 1 unspecified atom stereocenters. The minimum Gasteiger partial charge on any atom is -0.478 e. The van der Waals surface area contributed by atoms with E-state index in [4.69, 9.17) is 14.2 Å². The Bertz CT molecular complexity index is 703. The number of ether oxygens (including phenoxy) is 1. The molecule has 0 heterocycles. The molecule has 0 aliphatic carbocycles. The number of carbonyl (C=O) groups is 2. The topological polar surface area (TPSA) is 172 Å². The molecule has 0 aliphatic heterocycles. The molecule has 0 spiro atoms. The van der Waals surface area contributed by atoms with Crippen LogP contribution in [0.1, 0.15) is 33.1 Å². The highest BCUT2D eigenvalue weighted by Crippen LogP contribution is 2.08. The SMILES string of the molecule is C=C(C)C(=O)OC(CC)S(=O)(=O)O.C=C(CCCS(=O)(=O)O)C(=O)O. The Morgan fingerprint density at radius 3 is 1.88 bits per heavy atom. The molecule has 12 heteroatoms. The monoisotopic (exact) mass is 402 g/mol. The van der Waals surface area contributed by atoms with E-state index < -0.39 is 43.4 Å². The number of carbonyl (C=O) groups excluding carboxylic acids is 1. The number of aliphatic carboxylic acids is 1. The smallest absolute Gasteiger partial charge is 0.334 e. The summed E-state index contributed by atoms with van der Waals surface area (Å²) in [6, 6.07) is 0. The van der Waals surface area contributed by atoms with Crippen LogP contribution in [0.4, 0.5) is 0 Å². The summed E-state index contributed by atoms with van der Waals surface area (Å²) in [7, 11) is -8.31. The predicted octanol–water partition coefficient (Wildman–Crippen LogP) is 1.02. The Labute approximate surface area is 146 Å². The lowest BCUT2D eigenvalue weighted by atomic mass is 10.2. The fourth-order valence-corrected chi connectivity index (χ4v) is 2.29. The quantitative estimate of drug-likeness (QED) is 0.287. The molecule has 0 aromatic rings. The largest absolute Gasteiger partial charge is 0.478 e. The summed E-state index contributed by atoms with van der Waals surface area (Å²) in [5, 5.41) is 8.30. The molecule has 0 aromatic carbocycles. The minimum atomic E-state index is -4.33. The first-order valence-corrected chi connectivity index (χ1v) is 9.92. The van der Waals surface area contributed by atoms with Crippen LogP contribution in [0.15, 0.2) is 24.3 Å². The normalized spacial score (nSPS) is 12.3. The van der Waals surface area contributed by atoms with Crippen LogP contribution in [-0.4, -0.2) is 54.2 Å². The molecular weight excluding hydrogens is 380 g/mol. The maximum absolute atomic E-state index is 10.9. The second-order valence-electron chi connectivity index (χ2n) is 4.84. The molecule has 0 fully saturated rings. The first-order valence-electron chi connectivity index (χ1n) is 6.80. The summed E-state index contributed by atoms with van der Waals surface area (Å²) in [6.45, 7) is 9.34. The zero-order valence-electron chi connectivity index (χ0n) is 13.8. The molecule has 0 rings (SSSR count). The highest BCUT2D eigenvalue weighted by molar-refractivity contribution is 7.86. The van der Waals surface area contributed by atoms with Crippen molar-refractivity contribution in [3.05, 3.63) is 24.3 Å². The van der Waals surface area contributed by atoms with Gasteiger partial charge in [-0.2, -0.15) is 16.8 Å². The van der Waals surface area contributed by atoms with Gasteiger partial charge in [0, 0.05) is 11.1 Å². The third kappa shape index (κ3) is 14.3. The maximum atomic E-state index is 10.9. The zero-order chi connectivity index (χ0) is 20.4. The van der Waals surface area contributed by atoms with E-state index in [1.165, 1.54) is 13.8 Å². The lowest BCUT2D eigenvalue weighted by molar-refractivity contribution is -0.141. The van der Waals surface area contributed by atoms with Crippen LogP contribution in [-0.2, 0) is 34.6 Å². The third-order valence-electron chi connectivity index (χ3n) is 2.44. The molecule has 0 radical (unpaired) electrons. The van der Waals surface area contributed by atoms with E-state index in [2.05, 4.69) is 17.9 Å². The van der Waals surface area contributed by atoms with Crippen LogP contribution in [0.25, 0.3) is 0 Å². The van der Waals surface area contributed by atoms with E-state index >= 15 is 0 Å². The summed E-state index contributed by atoms with van der Waals surface area (Å²) in [5.74, 6) is -2.41. The first-order chi connectivity index (χ1) is 11.1. The van der Waals surface area contributed by atoms with Crippen molar-refractivity contribution in [2.45, 2.75) is 38.5 Å². The van der Waals surface area contributed by atoms with Crippen LogP contribution in [0.2, 0.25) is 0 Å². The summed E-state index contributed by atoms with van der Waals surface area (Å²) in [4.78, 5) is 21.0. The molecule has 25 heavy (non-hydrogen) atoms. The standard InChI is InChI=1S/C7H12O5S.C6H10O5S/c1-4-6(13(9,10)11)12-7(8)5(2)3;1-5(6(7)8)3-2-4-12(9,10)11/h6H,2,4H2,1,3H3,(H,9,10,11);1-4H2,(H,7,8)(H,9,10,11). The molecule has 3 N–H and O–H groups in total. The van der Waals surface area contributed by atoms with E-state index in [1.54, 1.807) is 0 Å². The van der Waals surface area contributed by atoms with Crippen molar-refractivity contribution < 1.29 is 45.4 Å². The van der Waals surface area contributed by atoms with Crippen molar-refractivity contribution >= 4 is 32.2 Å². The van der Waals surface area contributed by atoms with Crippen LogP contribution in [0.5, 0.6) is 0 Å². The number of hydrogen-bond donors (Lipinski definition) is 3. The van der Waals surface area contributed by atoms with E-state index in [0.29, 0.717) is 0 Å². The molecule has 0 saturated carbocycles. The van der Waals surface area contributed by atoms with Gasteiger partial charge >= 0.3 is 22.1 Å². The van der Waals surface area contributed by atoms with Crippen LogP contribution in [0.3, 0.4) is 0 Å². The van der Waals surface area contributed by atoms with Crippen molar-refractivity contribution in [1.29, 1.82) is 0 Å². The second kappa shape index (κ2) is 11.0. The first kappa shape index (κ1) is 25.5. The van der Waals surface area contributed by atoms with Gasteiger partial charge in [-0.1, -0.05) is 20.1 Å². The van der Waals surface area contributed by atoms with Crippen molar-refractivity contribution in [2.24, 2.45) is 0 Å². The van der Waals surface area contributed by atoms with Gasteiger partial charge in [-0.25, -0.2) is 9.59 Å². The number of esters is 1. The average Bonchev–Trinajstić information content (AvgIpc) is 2.41. The lowest BCUT2D eigenvalue weighted by Gasteiger charge is -2.12. The Kier molecular flexibility index (Phi) is 11.2. The zero-order valence-corrected chi connectivity index (χ0v) is 15.5. The lowest BCUT2D eigenvalue weighted by Crippen LogP contribution is -2.26. The van der Waals surface area contributed by atoms with Crippen molar-refractivity contribution in [2.75, 3.05) is 5.75 Å². The molecule has 1 atom stereocenters. The van der Waals surface area contributed by atoms with E-state index in [1.807, 2.05) is 0 Å². The van der Waals surface area contributed by atoms with E-state index in [-0.39, 0.29) is 30.4 Å². The van der Waals surface area contributed by atoms with Gasteiger partial charge in [0.2, 0.25) is 5.44 Å². The van der Waals surface area contributed by atoms with Crippen LogP contribution >= 0.6 is 0 Å². The molecule has 0 amide bonds. The molecule has 0 saturated heterocycles. The summed E-state index contributed by atoms with van der Waals surface area (Å²) in [6.07, 6.45) is 0.136. The van der Waals surface area contributed by atoms with E-state index in [0.717, 1.165) is 0 Å². The fourth-order valence-electron chi connectivity index (χ4n) is 1.15. The molecule has 146 valence electrons. The predicted molar refractivity (Wildman–Crippen MR) is 89.0 cm³/mol. The van der Waals surface area contributed by atoms with Gasteiger partial charge in [-0.05, 0) is 26.2 Å². The third-order valence-corrected chi connectivity index (χ3v) is 4.33. The van der Waals surface area contributed by atoms with Gasteiger partial charge in [0.25, 0.3) is 10.1 Å². The second-order valence-corrected chi connectivity index (χ2v) is 7.96. The molecule has 0 aromatic heterocycles. The average molecular weight is 402 g/mol. The van der Waals surface area contributed by atoms with Crippen molar-refractivity contribution in [1.82, 2.24) is 0 Å². The number of carboxylic acids is 1. The highest BCUT2D eigenvalue weighted by atomic mass is 32.2. The fraction of sp³-hybridized carbons (Fsp3) is 0.538. The number of carboxylic acid groups (broad SMARTS) is 1. The van der Waals surface area contributed by atoms with Gasteiger partial charge in [-0.3, -0.25) is 9.11 Å². The summed E-state index contributed by atoms with van der Waals surface area (Å²) in [5.41, 5.74) is -1.47. The van der Waals surface area contributed by atoms with E-state index in [9.17, 15) is 26.4 Å². The Balaban J connectivity index is 0. The van der Waals surface area contributed by atoms with Gasteiger partial charge < -0.3 is 9.84 Å². The van der Waals surface area contributed by atoms with Crippen molar-refractivity contribution in [3.8, 4) is 0 Å². The summed E-state index contributed by atoms with van der Waals surface area (Å²) < 4.78 is 62.7. The van der Waals surface area contributed by atoms with Crippen molar-refractivity contribution in [3.63, 3.8) is 0 Å². The van der Waals surface area contributed by atoms with Gasteiger partial charge in [0.1, 0.15) is 0 Å². The maximum Gasteiger partial charge on any atom is 0.334 e. The van der Waals surface area contributed by atoms with Gasteiger partial charge in [0.05, 0.1) is 5.75 Å². The Morgan fingerprint density at radius 2 is 1.60 bits per heavy atom. The highest BCUT2D eigenvalue weighted by Gasteiger charge is 2.25. The summed E-state index contributed by atoms with van der Waals surface area (Å²) >= 11 is 0. The molecular formula is C13H22O10S2. The molecule has 10 nitrogen and oxygen atoms in total. The molecule has 0 bridgehead atoms. The number of rotatable bonds is 9. The molecule has 0 aliphatic rings. The Hall–Kier alpha value is -1.76. The van der Waals surface area contributed by atoms with Gasteiger partial charge in [0.15, 0.2) is 0 Å².